The maximum Gasteiger partial charge on any atom is 0.229 e. The summed E-state index contributed by atoms with van der Waals surface area (Å²) in [5.74, 6) is -0.973. The van der Waals surface area contributed by atoms with E-state index in [4.69, 9.17) is 5.73 Å². The van der Waals surface area contributed by atoms with Crippen molar-refractivity contribution in [2.24, 2.45) is 5.73 Å². The van der Waals surface area contributed by atoms with Crippen LogP contribution in [0.1, 0.15) is 36.5 Å². The number of carbonyl (C=O) groups is 1. The van der Waals surface area contributed by atoms with Crippen molar-refractivity contribution in [3.05, 3.63) is 89.9 Å². The molecular formula is C24H24N4O2. The third-order valence-corrected chi connectivity index (χ3v) is 5.54. The Hall–Kier alpha value is -3.51. The highest BCUT2D eigenvalue weighted by Gasteiger charge is 2.24. The van der Waals surface area contributed by atoms with Crippen molar-refractivity contribution in [3.63, 3.8) is 0 Å². The second kappa shape index (κ2) is 7.72. The summed E-state index contributed by atoms with van der Waals surface area (Å²) >= 11 is 0. The van der Waals surface area contributed by atoms with Gasteiger partial charge in [-0.2, -0.15) is 5.10 Å². The first-order valence-electron chi connectivity index (χ1n) is 9.79. The summed E-state index contributed by atoms with van der Waals surface area (Å²) in [5, 5.41) is 13.8. The molecule has 3 N–H and O–H groups in total. The normalized spacial score (nSPS) is 12.8. The van der Waals surface area contributed by atoms with Gasteiger partial charge < -0.3 is 10.8 Å². The number of rotatable bonds is 6. The molecule has 4 rings (SSSR count). The number of aliphatic hydroxyl groups excluding tert-OH is 1. The number of hydrogen-bond acceptors (Lipinski definition) is 4. The standard InChI is InChI=1S/C24H24N4O2/c1-24(2,14-29)20-5-3-4-19(12-20)22(23(25)30)17-8-6-16(7-9-17)18-10-11-28-21(13-18)26-15-27-28/h3-13,15,22,29H,14H2,1-2H3,(H2,25,30). The third kappa shape index (κ3) is 3.69. The Bertz CT molecular complexity index is 1200. The minimum absolute atomic E-state index is 0.0166. The molecule has 6 heteroatoms. The maximum absolute atomic E-state index is 12.4. The van der Waals surface area contributed by atoms with E-state index in [0.717, 1.165) is 33.5 Å². The molecule has 152 valence electrons. The van der Waals surface area contributed by atoms with Crippen LogP contribution in [0.3, 0.4) is 0 Å². The first-order valence-corrected chi connectivity index (χ1v) is 9.79. The summed E-state index contributed by atoms with van der Waals surface area (Å²) in [6, 6.07) is 19.5. The highest BCUT2D eigenvalue weighted by molar-refractivity contribution is 5.86. The van der Waals surface area contributed by atoms with Gasteiger partial charge in [0.25, 0.3) is 0 Å². The van der Waals surface area contributed by atoms with Crippen LogP contribution in [0.5, 0.6) is 0 Å². The summed E-state index contributed by atoms with van der Waals surface area (Å²) in [6.45, 7) is 3.95. The van der Waals surface area contributed by atoms with Gasteiger partial charge in [-0.05, 0) is 39.9 Å². The molecule has 0 spiro atoms. The molecule has 6 nitrogen and oxygen atoms in total. The predicted molar refractivity (Wildman–Crippen MR) is 116 cm³/mol. The number of aromatic nitrogens is 3. The average Bonchev–Trinajstić information content (AvgIpc) is 3.22. The fraction of sp³-hybridized carbons (Fsp3) is 0.208. The lowest BCUT2D eigenvalue weighted by Crippen LogP contribution is -2.25. The Morgan fingerprint density at radius 1 is 1.07 bits per heavy atom. The van der Waals surface area contributed by atoms with Crippen LogP contribution in [0.4, 0.5) is 0 Å². The number of hydrogen-bond donors (Lipinski definition) is 2. The van der Waals surface area contributed by atoms with Gasteiger partial charge in [-0.1, -0.05) is 62.4 Å². The molecule has 0 saturated carbocycles. The largest absolute Gasteiger partial charge is 0.395 e. The Balaban J connectivity index is 1.68. The molecule has 2 aromatic carbocycles. The molecule has 30 heavy (non-hydrogen) atoms. The quantitative estimate of drug-likeness (QED) is 0.519. The number of aliphatic hydroxyl groups is 1. The number of carbonyl (C=O) groups excluding carboxylic acids is 1. The number of amides is 1. The van der Waals surface area contributed by atoms with Crippen LogP contribution in [-0.2, 0) is 10.2 Å². The fourth-order valence-corrected chi connectivity index (χ4v) is 3.61. The SMILES string of the molecule is CC(C)(CO)c1cccc(C(C(N)=O)c2ccc(-c3ccn4ncnc4c3)cc2)c1. The predicted octanol–water partition coefficient (Wildman–Crippen LogP) is 3.28. The van der Waals surface area contributed by atoms with Crippen LogP contribution in [0.15, 0.2) is 73.2 Å². The van der Waals surface area contributed by atoms with E-state index < -0.39 is 17.2 Å². The maximum atomic E-state index is 12.4. The van der Waals surface area contributed by atoms with Crippen molar-refractivity contribution >= 4 is 11.6 Å². The zero-order valence-electron chi connectivity index (χ0n) is 17.0. The molecule has 0 aliphatic heterocycles. The molecule has 1 unspecified atom stereocenters. The lowest BCUT2D eigenvalue weighted by atomic mass is 9.82. The summed E-state index contributed by atoms with van der Waals surface area (Å²) in [7, 11) is 0. The molecule has 0 fully saturated rings. The van der Waals surface area contributed by atoms with E-state index in [1.807, 2.05) is 80.7 Å². The van der Waals surface area contributed by atoms with Gasteiger partial charge in [-0.3, -0.25) is 4.79 Å². The minimum Gasteiger partial charge on any atom is -0.395 e. The van der Waals surface area contributed by atoms with Crippen molar-refractivity contribution in [1.82, 2.24) is 14.6 Å². The molecule has 1 atom stereocenters. The van der Waals surface area contributed by atoms with Crippen molar-refractivity contribution in [2.45, 2.75) is 25.2 Å². The lowest BCUT2D eigenvalue weighted by molar-refractivity contribution is -0.118. The number of fused-ring (bicyclic) bond motifs is 1. The van der Waals surface area contributed by atoms with Crippen LogP contribution in [0, 0.1) is 0 Å². The Labute approximate surface area is 175 Å². The molecule has 1 amide bonds. The van der Waals surface area contributed by atoms with Crippen LogP contribution < -0.4 is 5.73 Å². The third-order valence-electron chi connectivity index (χ3n) is 5.54. The van der Waals surface area contributed by atoms with Gasteiger partial charge in [0.1, 0.15) is 6.33 Å². The number of nitrogens with zero attached hydrogens (tertiary/aromatic N) is 3. The van der Waals surface area contributed by atoms with E-state index in [0.29, 0.717) is 0 Å². The average molecular weight is 400 g/mol. The van der Waals surface area contributed by atoms with Gasteiger partial charge in [0.05, 0.1) is 12.5 Å². The summed E-state index contributed by atoms with van der Waals surface area (Å²) in [5.41, 5.74) is 10.8. The molecule has 0 saturated heterocycles. The number of nitrogens with two attached hydrogens (primary N) is 1. The topological polar surface area (TPSA) is 93.5 Å². The van der Waals surface area contributed by atoms with Crippen LogP contribution in [0.2, 0.25) is 0 Å². The lowest BCUT2D eigenvalue weighted by Gasteiger charge is -2.24. The monoisotopic (exact) mass is 400 g/mol. The molecule has 2 heterocycles. The first kappa shape index (κ1) is 19.8. The second-order valence-corrected chi connectivity index (χ2v) is 8.10. The van der Waals surface area contributed by atoms with E-state index in [9.17, 15) is 9.90 Å². The minimum atomic E-state index is -0.563. The zero-order chi connectivity index (χ0) is 21.3. The van der Waals surface area contributed by atoms with Gasteiger partial charge in [0.15, 0.2) is 5.65 Å². The van der Waals surface area contributed by atoms with E-state index in [1.54, 1.807) is 4.52 Å². The second-order valence-electron chi connectivity index (χ2n) is 8.10. The van der Waals surface area contributed by atoms with Gasteiger partial charge in [0.2, 0.25) is 5.91 Å². The van der Waals surface area contributed by atoms with E-state index in [2.05, 4.69) is 10.1 Å². The van der Waals surface area contributed by atoms with Crippen molar-refractivity contribution in [2.75, 3.05) is 6.61 Å². The van der Waals surface area contributed by atoms with Gasteiger partial charge in [-0.15, -0.1) is 0 Å². The van der Waals surface area contributed by atoms with Crippen LogP contribution in [-0.4, -0.2) is 32.2 Å². The summed E-state index contributed by atoms with van der Waals surface area (Å²) in [6.07, 6.45) is 3.39. The van der Waals surface area contributed by atoms with Crippen molar-refractivity contribution < 1.29 is 9.90 Å². The highest BCUT2D eigenvalue weighted by Crippen LogP contribution is 2.31. The first-order chi connectivity index (χ1) is 14.4. The zero-order valence-corrected chi connectivity index (χ0v) is 17.0. The molecule has 2 aromatic heterocycles. The molecule has 4 aromatic rings. The van der Waals surface area contributed by atoms with E-state index in [-0.39, 0.29) is 6.61 Å². The molecule has 0 aliphatic rings. The van der Waals surface area contributed by atoms with E-state index >= 15 is 0 Å². The van der Waals surface area contributed by atoms with Gasteiger partial charge >= 0.3 is 0 Å². The number of pyridine rings is 1. The Kier molecular flexibility index (Phi) is 5.10. The molecule has 0 aliphatic carbocycles. The highest BCUT2D eigenvalue weighted by atomic mass is 16.3. The summed E-state index contributed by atoms with van der Waals surface area (Å²) < 4.78 is 1.71. The fourth-order valence-electron chi connectivity index (χ4n) is 3.61. The number of primary amides is 1. The molecule has 0 bridgehead atoms. The Morgan fingerprint density at radius 3 is 2.53 bits per heavy atom. The van der Waals surface area contributed by atoms with Gasteiger partial charge in [-0.25, -0.2) is 9.50 Å². The van der Waals surface area contributed by atoms with Crippen molar-refractivity contribution in [1.29, 1.82) is 0 Å². The van der Waals surface area contributed by atoms with Gasteiger partial charge in [0, 0.05) is 11.6 Å². The van der Waals surface area contributed by atoms with Crippen LogP contribution in [0.25, 0.3) is 16.8 Å². The Morgan fingerprint density at radius 2 is 1.83 bits per heavy atom. The van der Waals surface area contributed by atoms with Crippen molar-refractivity contribution in [3.8, 4) is 11.1 Å². The molecular weight excluding hydrogens is 376 g/mol. The summed E-state index contributed by atoms with van der Waals surface area (Å²) in [4.78, 5) is 16.6. The smallest absolute Gasteiger partial charge is 0.229 e. The molecule has 0 radical (unpaired) electrons. The van der Waals surface area contributed by atoms with E-state index in [1.165, 1.54) is 6.33 Å². The van der Waals surface area contributed by atoms with Crippen LogP contribution >= 0.6 is 0 Å². The number of benzene rings is 2.